The van der Waals surface area contributed by atoms with Crippen LogP contribution in [0.25, 0.3) is 0 Å². The number of hydrogen-bond acceptors (Lipinski definition) is 4. The van der Waals surface area contributed by atoms with Gasteiger partial charge >= 0.3 is 0 Å². The smallest absolute Gasteiger partial charge is 0.296 e. The maximum atomic E-state index is 10.9. The highest BCUT2D eigenvalue weighted by Crippen LogP contribution is 2.29. The van der Waals surface area contributed by atoms with Crippen molar-refractivity contribution >= 4 is 21.7 Å². The van der Waals surface area contributed by atoms with Gasteiger partial charge in [-0.15, -0.1) is 0 Å². The zero-order chi connectivity index (χ0) is 11.6. The highest BCUT2D eigenvalue weighted by molar-refractivity contribution is 7.86. The molecule has 7 heteroatoms. The van der Waals surface area contributed by atoms with Gasteiger partial charge in [0.2, 0.25) is 5.91 Å². The van der Waals surface area contributed by atoms with E-state index in [4.69, 9.17) is 4.55 Å². The molecule has 1 rings (SSSR count). The summed E-state index contributed by atoms with van der Waals surface area (Å²) in [6.45, 7) is 1.14. The van der Waals surface area contributed by atoms with Crippen LogP contribution in [-0.4, -0.2) is 24.0 Å². The maximum absolute atomic E-state index is 10.9. The minimum atomic E-state index is -4.50. The molecule has 0 bridgehead atoms. The van der Waals surface area contributed by atoms with Gasteiger partial charge < -0.3 is 10.4 Å². The summed E-state index contributed by atoms with van der Waals surface area (Å²) in [5.41, 5.74) is -0.382. The second kappa shape index (κ2) is 3.87. The van der Waals surface area contributed by atoms with Gasteiger partial charge in [0.25, 0.3) is 10.1 Å². The number of anilines is 1. The lowest BCUT2D eigenvalue weighted by atomic mass is 10.3. The molecule has 0 aliphatic rings. The summed E-state index contributed by atoms with van der Waals surface area (Å²) >= 11 is 0. The van der Waals surface area contributed by atoms with Gasteiger partial charge in [-0.25, -0.2) is 0 Å². The van der Waals surface area contributed by atoms with Gasteiger partial charge in [0, 0.05) is 13.0 Å². The molecule has 1 aromatic rings. The lowest BCUT2D eigenvalue weighted by Gasteiger charge is -2.08. The third-order valence-corrected chi connectivity index (χ3v) is 2.41. The van der Waals surface area contributed by atoms with E-state index in [-0.39, 0.29) is 5.69 Å². The molecule has 0 atom stereocenters. The second-order valence-electron chi connectivity index (χ2n) is 2.72. The standard InChI is InChI=1S/C8H8NO5S/c1-5(10)9-8-6(11)3-2-4-7(8)15(12,13)14/h2,4,11H,1H3,(H,9,10)(H,12,13,14). The Labute approximate surface area is 86.3 Å². The molecule has 0 aliphatic heterocycles. The van der Waals surface area contributed by atoms with E-state index in [0.29, 0.717) is 0 Å². The Morgan fingerprint density at radius 1 is 1.53 bits per heavy atom. The summed E-state index contributed by atoms with van der Waals surface area (Å²) in [5.74, 6) is -1.13. The van der Waals surface area contributed by atoms with E-state index in [2.05, 4.69) is 11.4 Å². The van der Waals surface area contributed by atoms with E-state index >= 15 is 0 Å². The van der Waals surface area contributed by atoms with Crippen LogP contribution in [0.1, 0.15) is 6.92 Å². The molecule has 1 amide bonds. The predicted molar refractivity (Wildman–Crippen MR) is 51.1 cm³/mol. The van der Waals surface area contributed by atoms with Crippen LogP contribution in [0.4, 0.5) is 5.69 Å². The van der Waals surface area contributed by atoms with Crippen molar-refractivity contribution in [3.8, 4) is 5.75 Å². The minimum absolute atomic E-state index is 0.382. The quantitative estimate of drug-likeness (QED) is 0.504. The Morgan fingerprint density at radius 3 is 2.60 bits per heavy atom. The third-order valence-electron chi connectivity index (χ3n) is 1.52. The second-order valence-corrected chi connectivity index (χ2v) is 4.11. The number of rotatable bonds is 2. The number of nitrogens with one attached hydrogen (secondary N) is 1. The summed E-state index contributed by atoms with van der Waals surface area (Å²) in [6, 6.07) is 4.41. The van der Waals surface area contributed by atoms with Gasteiger partial charge in [-0.05, 0) is 12.1 Å². The molecule has 0 unspecified atom stereocenters. The molecule has 1 aromatic carbocycles. The molecule has 0 fully saturated rings. The highest BCUT2D eigenvalue weighted by Gasteiger charge is 2.19. The summed E-state index contributed by atoms with van der Waals surface area (Å²) in [5, 5.41) is 11.3. The van der Waals surface area contributed by atoms with Crippen molar-refractivity contribution in [2.75, 3.05) is 5.32 Å². The maximum Gasteiger partial charge on any atom is 0.296 e. The molecule has 0 spiro atoms. The monoisotopic (exact) mass is 230 g/mol. The minimum Gasteiger partial charge on any atom is -0.505 e. The molecular formula is C8H8NO5S. The van der Waals surface area contributed by atoms with Gasteiger partial charge in [-0.3, -0.25) is 9.35 Å². The zero-order valence-electron chi connectivity index (χ0n) is 7.68. The molecule has 3 N–H and O–H groups in total. The average molecular weight is 230 g/mol. The van der Waals surface area contributed by atoms with Crippen molar-refractivity contribution in [1.82, 2.24) is 0 Å². The Balaban J connectivity index is 3.40. The van der Waals surface area contributed by atoms with Crippen molar-refractivity contribution in [2.24, 2.45) is 0 Å². The van der Waals surface area contributed by atoms with E-state index in [1.165, 1.54) is 0 Å². The zero-order valence-corrected chi connectivity index (χ0v) is 8.50. The summed E-state index contributed by atoms with van der Waals surface area (Å²) in [6.07, 6.45) is 0. The Morgan fingerprint density at radius 2 is 2.13 bits per heavy atom. The fourth-order valence-corrected chi connectivity index (χ4v) is 1.63. The lowest BCUT2D eigenvalue weighted by Crippen LogP contribution is -2.10. The SMILES string of the molecule is CC(=O)Nc1c(O)[c]ccc1S(=O)(=O)O. The molecule has 0 aromatic heterocycles. The van der Waals surface area contributed by atoms with Crippen molar-refractivity contribution in [2.45, 2.75) is 11.8 Å². The third kappa shape index (κ3) is 2.67. The van der Waals surface area contributed by atoms with Gasteiger partial charge in [-0.1, -0.05) is 0 Å². The summed E-state index contributed by atoms with van der Waals surface area (Å²) in [4.78, 5) is 10.2. The predicted octanol–water partition coefficient (Wildman–Crippen LogP) is 0.397. The van der Waals surface area contributed by atoms with Crippen LogP contribution >= 0.6 is 0 Å². The van der Waals surface area contributed by atoms with Gasteiger partial charge in [0.1, 0.15) is 16.3 Å². The topological polar surface area (TPSA) is 104 Å². The first kappa shape index (κ1) is 11.5. The van der Waals surface area contributed by atoms with E-state index < -0.39 is 26.7 Å². The molecular weight excluding hydrogens is 222 g/mol. The highest BCUT2D eigenvalue weighted by atomic mass is 32.2. The lowest BCUT2D eigenvalue weighted by molar-refractivity contribution is -0.114. The number of phenolic OH excluding ortho intramolecular Hbond substituents is 1. The van der Waals surface area contributed by atoms with Gasteiger partial charge in [0.15, 0.2) is 0 Å². The van der Waals surface area contributed by atoms with Crippen LogP contribution in [-0.2, 0) is 14.9 Å². The largest absolute Gasteiger partial charge is 0.505 e. The van der Waals surface area contributed by atoms with E-state index in [1.807, 2.05) is 0 Å². The first-order chi connectivity index (χ1) is 6.82. The van der Waals surface area contributed by atoms with Crippen molar-refractivity contribution in [3.63, 3.8) is 0 Å². The number of carbonyl (C=O) groups excluding carboxylic acids is 1. The van der Waals surface area contributed by atoms with E-state index in [0.717, 1.165) is 19.1 Å². The van der Waals surface area contributed by atoms with Crippen LogP contribution in [0.15, 0.2) is 17.0 Å². The molecule has 0 aliphatic carbocycles. The average Bonchev–Trinajstić information content (AvgIpc) is 2.05. The number of carbonyl (C=O) groups is 1. The van der Waals surface area contributed by atoms with Crippen molar-refractivity contribution in [1.29, 1.82) is 0 Å². The fraction of sp³-hybridized carbons (Fsp3) is 0.125. The summed E-state index contributed by atoms with van der Waals surface area (Å²) in [7, 11) is -4.50. The molecule has 81 valence electrons. The van der Waals surface area contributed by atoms with Crippen LogP contribution < -0.4 is 5.32 Å². The molecule has 1 radical (unpaired) electrons. The number of phenols is 1. The van der Waals surface area contributed by atoms with Crippen molar-refractivity contribution in [3.05, 3.63) is 18.2 Å². The molecule has 0 saturated heterocycles. The molecule has 6 nitrogen and oxygen atoms in total. The van der Waals surface area contributed by atoms with Gasteiger partial charge in [0.05, 0.1) is 0 Å². The van der Waals surface area contributed by atoms with Gasteiger partial charge in [-0.2, -0.15) is 8.42 Å². The summed E-state index contributed by atoms with van der Waals surface area (Å²) < 4.78 is 30.5. The first-order valence-electron chi connectivity index (χ1n) is 3.81. The Kier molecular flexibility index (Phi) is 2.96. The van der Waals surface area contributed by atoms with Crippen molar-refractivity contribution < 1.29 is 22.9 Å². The van der Waals surface area contributed by atoms with E-state index in [9.17, 15) is 18.3 Å². The number of aromatic hydroxyl groups is 1. The van der Waals surface area contributed by atoms with Crippen LogP contribution in [0.2, 0.25) is 0 Å². The molecule has 0 saturated carbocycles. The van der Waals surface area contributed by atoms with E-state index in [1.54, 1.807) is 0 Å². The van der Waals surface area contributed by atoms with Crippen LogP contribution in [0, 0.1) is 6.07 Å². The van der Waals surface area contributed by atoms with Crippen LogP contribution in [0.5, 0.6) is 5.75 Å². The Bertz CT molecular complexity index is 494. The fourth-order valence-electron chi connectivity index (χ4n) is 0.980. The Hall–Kier alpha value is -1.60. The normalized spacial score (nSPS) is 11.1. The molecule has 0 heterocycles. The number of amides is 1. The van der Waals surface area contributed by atoms with Crippen LogP contribution in [0.3, 0.4) is 0 Å². The number of benzene rings is 1. The first-order valence-corrected chi connectivity index (χ1v) is 5.25. The molecule has 15 heavy (non-hydrogen) atoms. The number of hydrogen-bond donors (Lipinski definition) is 3.